The molecule has 0 radical (unpaired) electrons. The highest BCUT2D eigenvalue weighted by molar-refractivity contribution is 5.97. The van der Waals surface area contributed by atoms with E-state index in [1.54, 1.807) is 0 Å². The van der Waals surface area contributed by atoms with Gasteiger partial charge in [0.1, 0.15) is 5.78 Å². The van der Waals surface area contributed by atoms with E-state index in [1.165, 1.54) is 0 Å². The molecule has 0 aliphatic heterocycles. The van der Waals surface area contributed by atoms with Crippen molar-refractivity contribution in [3.63, 3.8) is 0 Å². The van der Waals surface area contributed by atoms with Crippen LogP contribution in [0.15, 0.2) is 18.2 Å². The van der Waals surface area contributed by atoms with Gasteiger partial charge in [0, 0.05) is 50.9 Å². The fraction of sp³-hybridized carbons (Fsp3) is 0.571. The summed E-state index contributed by atoms with van der Waals surface area (Å²) in [4.78, 5) is 38.0. The minimum atomic E-state index is 0.111. The van der Waals surface area contributed by atoms with Gasteiger partial charge in [-0.05, 0) is 48.8 Å². The fourth-order valence-electron chi connectivity index (χ4n) is 4.24. The number of amides is 1. The summed E-state index contributed by atoms with van der Waals surface area (Å²) in [5, 5.41) is 0. The van der Waals surface area contributed by atoms with Crippen LogP contribution in [0.3, 0.4) is 0 Å². The average molecular weight is 356 g/mol. The number of carbonyl (C=O) groups is 3. The summed E-state index contributed by atoms with van der Waals surface area (Å²) in [7, 11) is 1.86. The Hall–Kier alpha value is -2.01. The molecule has 1 saturated carbocycles. The van der Waals surface area contributed by atoms with Gasteiger partial charge in [0.05, 0.1) is 0 Å². The summed E-state index contributed by atoms with van der Waals surface area (Å²) >= 11 is 0. The lowest BCUT2D eigenvalue weighted by Crippen LogP contribution is -2.40. The van der Waals surface area contributed by atoms with Crippen LogP contribution in [0.25, 0.3) is 0 Å². The topological polar surface area (TPSA) is 80.5 Å². The van der Waals surface area contributed by atoms with E-state index >= 15 is 0 Å². The number of nitrogens with zero attached hydrogens (tertiary/aromatic N) is 1. The minimum Gasteiger partial charge on any atom is -0.343 e. The second kappa shape index (κ2) is 8.12. The number of rotatable bonds is 6. The number of hydrogen-bond acceptors (Lipinski definition) is 4. The van der Waals surface area contributed by atoms with E-state index in [1.807, 2.05) is 30.1 Å². The number of fused-ring (bicyclic) bond motifs is 1. The molecule has 0 heterocycles. The molecular weight excluding hydrogens is 328 g/mol. The molecular formula is C21H28N2O3. The fourth-order valence-corrected chi connectivity index (χ4v) is 4.24. The normalized spacial score (nSPS) is 22.2. The van der Waals surface area contributed by atoms with Crippen molar-refractivity contribution in [3.8, 4) is 0 Å². The van der Waals surface area contributed by atoms with Crippen molar-refractivity contribution in [3.05, 3.63) is 34.9 Å². The van der Waals surface area contributed by atoms with Gasteiger partial charge < -0.3 is 10.6 Å². The molecule has 0 saturated heterocycles. The van der Waals surface area contributed by atoms with Crippen LogP contribution < -0.4 is 5.73 Å². The second-order valence-electron chi connectivity index (χ2n) is 7.72. The van der Waals surface area contributed by atoms with Crippen LogP contribution in [0.4, 0.5) is 0 Å². The SMILES string of the molecule is CN(C(=O)CCN)C1CCC(CC(=O)c2ccc3c(c2)CC(=O)C3)CC1. The highest BCUT2D eigenvalue weighted by Gasteiger charge is 2.28. The molecule has 0 bridgehead atoms. The van der Waals surface area contributed by atoms with Crippen molar-refractivity contribution in [1.82, 2.24) is 4.90 Å². The summed E-state index contributed by atoms with van der Waals surface area (Å²) in [5.74, 6) is 0.894. The first-order valence-electron chi connectivity index (χ1n) is 9.60. The zero-order valence-corrected chi connectivity index (χ0v) is 15.5. The van der Waals surface area contributed by atoms with Gasteiger partial charge in [-0.2, -0.15) is 0 Å². The lowest BCUT2D eigenvalue weighted by Gasteiger charge is -2.34. The Morgan fingerprint density at radius 2 is 1.81 bits per heavy atom. The summed E-state index contributed by atoms with van der Waals surface area (Å²) in [6.07, 6.45) is 5.76. The van der Waals surface area contributed by atoms with E-state index in [0.29, 0.717) is 38.1 Å². The summed E-state index contributed by atoms with van der Waals surface area (Å²) in [6, 6.07) is 5.98. The molecule has 1 aromatic rings. The molecule has 140 valence electrons. The first kappa shape index (κ1) is 18.8. The van der Waals surface area contributed by atoms with Crippen molar-refractivity contribution >= 4 is 17.5 Å². The number of carbonyl (C=O) groups excluding carboxylic acids is 3. The maximum Gasteiger partial charge on any atom is 0.223 e. The van der Waals surface area contributed by atoms with Gasteiger partial charge in [-0.15, -0.1) is 0 Å². The van der Waals surface area contributed by atoms with Gasteiger partial charge >= 0.3 is 0 Å². The first-order valence-corrected chi connectivity index (χ1v) is 9.60. The summed E-state index contributed by atoms with van der Waals surface area (Å²) < 4.78 is 0. The molecule has 0 aromatic heterocycles. The van der Waals surface area contributed by atoms with E-state index < -0.39 is 0 Å². The maximum atomic E-state index is 12.6. The molecule has 5 heteroatoms. The van der Waals surface area contributed by atoms with Gasteiger partial charge in [0.2, 0.25) is 5.91 Å². The van der Waals surface area contributed by atoms with Crippen LogP contribution in [0, 0.1) is 5.92 Å². The van der Waals surface area contributed by atoms with Crippen molar-refractivity contribution in [1.29, 1.82) is 0 Å². The maximum absolute atomic E-state index is 12.6. The Labute approximate surface area is 154 Å². The minimum absolute atomic E-state index is 0.111. The van der Waals surface area contributed by atoms with Crippen LogP contribution in [-0.2, 0) is 22.4 Å². The highest BCUT2D eigenvalue weighted by atomic mass is 16.2. The number of benzene rings is 1. The van der Waals surface area contributed by atoms with Crippen molar-refractivity contribution in [2.45, 2.75) is 57.4 Å². The molecule has 5 nitrogen and oxygen atoms in total. The van der Waals surface area contributed by atoms with Crippen molar-refractivity contribution < 1.29 is 14.4 Å². The standard InChI is InChI=1S/C21H28N2O3/c1-23(21(26)8-9-22)18-6-2-14(3-7-18)10-20(25)16-5-4-15-12-19(24)13-17(15)11-16/h4-5,11,14,18H,2-3,6-10,12-13,22H2,1H3. The van der Waals surface area contributed by atoms with Crippen LogP contribution in [0.2, 0.25) is 0 Å². The predicted octanol–water partition coefficient (Wildman–Crippen LogP) is 2.29. The molecule has 0 spiro atoms. The van der Waals surface area contributed by atoms with E-state index in [9.17, 15) is 14.4 Å². The van der Waals surface area contributed by atoms with E-state index in [0.717, 1.165) is 42.4 Å². The molecule has 26 heavy (non-hydrogen) atoms. The Bertz CT molecular complexity index is 705. The Balaban J connectivity index is 1.52. The zero-order valence-electron chi connectivity index (χ0n) is 15.5. The third-order valence-corrected chi connectivity index (χ3v) is 5.89. The molecule has 0 atom stereocenters. The number of nitrogens with two attached hydrogens (primary N) is 1. The Morgan fingerprint density at radius 3 is 2.50 bits per heavy atom. The molecule has 0 unspecified atom stereocenters. The lowest BCUT2D eigenvalue weighted by molar-refractivity contribution is -0.132. The quantitative estimate of drug-likeness (QED) is 0.793. The van der Waals surface area contributed by atoms with Crippen LogP contribution >= 0.6 is 0 Å². The van der Waals surface area contributed by atoms with Gasteiger partial charge in [0.15, 0.2) is 5.78 Å². The van der Waals surface area contributed by atoms with Gasteiger partial charge in [-0.3, -0.25) is 14.4 Å². The average Bonchev–Trinajstić information content (AvgIpc) is 3.01. The van der Waals surface area contributed by atoms with Gasteiger partial charge in [-0.25, -0.2) is 0 Å². The van der Waals surface area contributed by atoms with Gasteiger partial charge in [0.25, 0.3) is 0 Å². The lowest BCUT2D eigenvalue weighted by atomic mass is 9.81. The third-order valence-electron chi connectivity index (χ3n) is 5.89. The van der Waals surface area contributed by atoms with E-state index in [4.69, 9.17) is 5.73 Å². The molecule has 1 amide bonds. The molecule has 2 aliphatic rings. The van der Waals surface area contributed by atoms with Crippen molar-refractivity contribution in [2.75, 3.05) is 13.6 Å². The first-order chi connectivity index (χ1) is 12.5. The second-order valence-corrected chi connectivity index (χ2v) is 7.72. The smallest absolute Gasteiger partial charge is 0.223 e. The van der Waals surface area contributed by atoms with Crippen LogP contribution in [0.1, 0.15) is 60.0 Å². The monoisotopic (exact) mass is 356 g/mol. The zero-order chi connectivity index (χ0) is 18.7. The van der Waals surface area contributed by atoms with E-state index in [2.05, 4.69) is 0 Å². The Kier molecular flexibility index (Phi) is 5.87. The molecule has 1 fully saturated rings. The number of Topliss-reactive ketones (excluding diaryl/α,β-unsaturated/α-hetero) is 2. The third kappa shape index (κ3) is 4.21. The Morgan fingerprint density at radius 1 is 1.12 bits per heavy atom. The largest absolute Gasteiger partial charge is 0.343 e. The number of ketones is 2. The molecule has 2 aliphatic carbocycles. The van der Waals surface area contributed by atoms with Gasteiger partial charge in [-0.1, -0.05) is 12.1 Å². The predicted molar refractivity (Wildman–Crippen MR) is 100.0 cm³/mol. The van der Waals surface area contributed by atoms with Crippen LogP contribution in [-0.4, -0.2) is 42.0 Å². The van der Waals surface area contributed by atoms with Crippen LogP contribution in [0.5, 0.6) is 0 Å². The van der Waals surface area contributed by atoms with E-state index in [-0.39, 0.29) is 23.5 Å². The molecule has 3 rings (SSSR count). The highest BCUT2D eigenvalue weighted by Crippen LogP contribution is 2.31. The summed E-state index contributed by atoms with van der Waals surface area (Å²) in [5.41, 5.74) is 8.28. The summed E-state index contributed by atoms with van der Waals surface area (Å²) in [6.45, 7) is 0.388. The molecule has 2 N–H and O–H groups in total. The molecule has 1 aromatic carbocycles. The van der Waals surface area contributed by atoms with Crippen molar-refractivity contribution in [2.24, 2.45) is 11.7 Å². The number of hydrogen-bond donors (Lipinski definition) is 1.